The second-order valence-electron chi connectivity index (χ2n) is 4.67. The first-order valence-electron chi connectivity index (χ1n) is 6.37. The van der Waals surface area contributed by atoms with Gasteiger partial charge in [0.1, 0.15) is 5.75 Å². The highest BCUT2D eigenvalue weighted by Gasteiger charge is 2.11. The van der Waals surface area contributed by atoms with Crippen molar-refractivity contribution in [2.75, 3.05) is 0 Å². The average Bonchev–Trinajstić information content (AvgIpc) is 2.47. The van der Waals surface area contributed by atoms with E-state index >= 15 is 0 Å². The zero-order valence-corrected chi connectivity index (χ0v) is 12.5. The van der Waals surface area contributed by atoms with Crippen molar-refractivity contribution in [3.63, 3.8) is 0 Å². The number of aromatic hydroxyl groups is 1. The number of rotatable bonds is 3. The molecular formula is C16H15ClN2O2. The highest BCUT2D eigenvalue weighted by atomic mass is 35.5. The topological polar surface area (TPSA) is 61.7 Å². The highest BCUT2D eigenvalue weighted by Crippen LogP contribution is 2.21. The summed E-state index contributed by atoms with van der Waals surface area (Å²) in [6, 6.07) is 12.1. The number of nitrogens with zero attached hydrogens (tertiary/aromatic N) is 1. The number of hydrogen-bond acceptors (Lipinski definition) is 3. The van der Waals surface area contributed by atoms with Crippen LogP contribution in [0.3, 0.4) is 0 Å². The van der Waals surface area contributed by atoms with Gasteiger partial charge in [0.15, 0.2) is 0 Å². The van der Waals surface area contributed by atoms with Crippen molar-refractivity contribution in [3.8, 4) is 5.75 Å². The van der Waals surface area contributed by atoms with E-state index < -0.39 is 5.91 Å². The fourth-order valence-electron chi connectivity index (χ4n) is 1.82. The molecule has 0 heterocycles. The summed E-state index contributed by atoms with van der Waals surface area (Å²) < 4.78 is 0. The number of nitrogens with one attached hydrogen (secondary N) is 1. The van der Waals surface area contributed by atoms with E-state index in [0.29, 0.717) is 10.7 Å². The molecule has 5 heteroatoms. The van der Waals surface area contributed by atoms with Gasteiger partial charge >= 0.3 is 0 Å². The molecule has 0 aromatic heterocycles. The molecule has 2 rings (SSSR count). The molecular weight excluding hydrogens is 288 g/mol. The molecule has 0 bridgehead atoms. The molecule has 2 aromatic carbocycles. The van der Waals surface area contributed by atoms with Gasteiger partial charge < -0.3 is 5.11 Å². The molecule has 0 unspecified atom stereocenters. The number of carbonyl (C=O) groups excluding carboxylic acids is 1. The summed E-state index contributed by atoms with van der Waals surface area (Å²) in [7, 11) is 0. The minimum Gasteiger partial charge on any atom is -0.507 e. The zero-order valence-electron chi connectivity index (χ0n) is 11.7. The van der Waals surface area contributed by atoms with Crippen LogP contribution in [0.2, 0.25) is 5.02 Å². The van der Waals surface area contributed by atoms with Crippen LogP contribution in [0.1, 0.15) is 28.4 Å². The minimum absolute atomic E-state index is 0.0864. The highest BCUT2D eigenvalue weighted by molar-refractivity contribution is 6.31. The molecule has 4 nitrogen and oxygen atoms in total. The van der Waals surface area contributed by atoms with E-state index in [1.165, 1.54) is 18.2 Å². The molecule has 21 heavy (non-hydrogen) atoms. The van der Waals surface area contributed by atoms with Crippen LogP contribution in [0.15, 0.2) is 47.6 Å². The van der Waals surface area contributed by atoms with Gasteiger partial charge in [-0.05, 0) is 37.6 Å². The first kappa shape index (κ1) is 15.1. The molecule has 0 spiro atoms. The van der Waals surface area contributed by atoms with Crippen LogP contribution < -0.4 is 5.43 Å². The number of hydrazone groups is 1. The Morgan fingerprint density at radius 2 is 2.00 bits per heavy atom. The first-order chi connectivity index (χ1) is 9.97. The summed E-state index contributed by atoms with van der Waals surface area (Å²) in [5.41, 5.74) is 5.21. The van der Waals surface area contributed by atoms with Gasteiger partial charge in [-0.15, -0.1) is 0 Å². The maximum absolute atomic E-state index is 12.0. The van der Waals surface area contributed by atoms with Gasteiger partial charge in [0, 0.05) is 5.02 Å². The molecule has 0 aliphatic heterocycles. The van der Waals surface area contributed by atoms with E-state index in [2.05, 4.69) is 10.5 Å². The fraction of sp³-hybridized carbons (Fsp3) is 0.125. The molecule has 0 atom stereocenters. The van der Waals surface area contributed by atoms with Gasteiger partial charge in [0.05, 0.1) is 11.3 Å². The predicted molar refractivity (Wildman–Crippen MR) is 84.0 cm³/mol. The Morgan fingerprint density at radius 3 is 2.71 bits per heavy atom. The standard InChI is InChI=1S/C16H15ClN2O2/c1-10-4-3-5-12(8-10)11(2)18-19-16(21)14-9-13(17)6-7-15(14)20/h3-9,20H,1-2H3,(H,19,21). The lowest BCUT2D eigenvalue weighted by Crippen LogP contribution is -2.19. The minimum atomic E-state index is -0.512. The lowest BCUT2D eigenvalue weighted by molar-refractivity contribution is 0.0952. The number of carbonyl (C=O) groups is 1. The quantitative estimate of drug-likeness (QED) is 0.673. The van der Waals surface area contributed by atoms with Crippen molar-refractivity contribution in [1.29, 1.82) is 0 Å². The van der Waals surface area contributed by atoms with Crippen LogP contribution in [0, 0.1) is 6.92 Å². The van der Waals surface area contributed by atoms with Gasteiger partial charge in [-0.1, -0.05) is 41.4 Å². The summed E-state index contributed by atoms with van der Waals surface area (Å²) in [5.74, 6) is -0.651. The van der Waals surface area contributed by atoms with Gasteiger partial charge in [-0.25, -0.2) is 5.43 Å². The van der Waals surface area contributed by atoms with E-state index in [9.17, 15) is 9.90 Å². The molecule has 0 saturated heterocycles. The van der Waals surface area contributed by atoms with Gasteiger partial charge in [-0.2, -0.15) is 5.10 Å². The number of amides is 1. The smallest absolute Gasteiger partial charge is 0.275 e. The number of phenolic OH excluding ortho intramolecular Hbond substituents is 1. The number of benzene rings is 2. The van der Waals surface area contributed by atoms with Gasteiger partial charge in [0.25, 0.3) is 5.91 Å². The normalized spacial score (nSPS) is 11.3. The third kappa shape index (κ3) is 3.83. The van der Waals surface area contributed by atoms with Crippen LogP contribution in [0.25, 0.3) is 0 Å². The van der Waals surface area contributed by atoms with Crippen LogP contribution in [-0.2, 0) is 0 Å². The lowest BCUT2D eigenvalue weighted by atomic mass is 10.1. The van der Waals surface area contributed by atoms with Crippen LogP contribution in [0.5, 0.6) is 5.75 Å². The molecule has 2 N–H and O–H groups in total. The average molecular weight is 303 g/mol. The largest absolute Gasteiger partial charge is 0.507 e. The molecule has 0 saturated carbocycles. The van der Waals surface area contributed by atoms with Crippen molar-refractivity contribution in [2.45, 2.75) is 13.8 Å². The summed E-state index contributed by atoms with van der Waals surface area (Å²) in [4.78, 5) is 12.0. The van der Waals surface area contributed by atoms with Crippen molar-refractivity contribution >= 4 is 23.2 Å². The van der Waals surface area contributed by atoms with Crippen molar-refractivity contribution in [3.05, 3.63) is 64.2 Å². The van der Waals surface area contributed by atoms with E-state index in [4.69, 9.17) is 11.6 Å². The lowest BCUT2D eigenvalue weighted by Gasteiger charge is -2.05. The van der Waals surface area contributed by atoms with Crippen LogP contribution >= 0.6 is 11.6 Å². The summed E-state index contributed by atoms with van der Waals surface area (Å²) in [6.45, 7) is 3.78. The number of hydrogen-bond donors (Lipinski definition) is 2. The van der Waals surface area contributed by atoms with Crippen molar-refractivity contribution in [1.82, 2.24) is 5.43 Å². The van der Waals surface area contributed by atoms with Crippen molar-refractivity contribution < 1.29 is 9.90 Å². The zero-order chi connectivity index (χ0) is 15.4. The Morgan fingerprint density at radius 1 is 1.24 bits per heavy atom. The molecule has 0 radical (unpaired) electrons. The van der Waals surface area contributed by atoms with Gasteiger partial charge in [0.2, 0.25) is 0 Å². The van der Waals surface area contributed by atoms with Gasteiger partial charge in [-0.3, -0.25) is 4.79 Å². The molecule has 2 aromatic rings. The summed E-state index contributed by atoms with van der Waals surface area (Å²) in [6.07, 6.45) is 0. The van der Waals surface area contributed by atoms with E-state index in [-0.39, 0.29) is 11.3 Å². The molecule has 1 amide bonds. The van der Waals surface area contributed by atoms with Crippen molar-refractivity contribution in [2.24, 2.45) is 5.10 Å². The van der Waals surface area contributed by atoms with E-state index in [1.807, 2.05) is 31.2 Å². The fourth-order valence-corrected chi connectivity index (χ4v) is 1.99. The Kier molecular flexibility index (Phi) is 4.60. The predicted octanol–water partition coefficient (Wildman–Crippen LogP) is 3.51. The summed E-state index contributed by atoms with van der Waals surface area (Å²) in [5, 5.41) is 14.1. The maximum atomic E-state index is 12.0. The van der Waals surface area contributed by atoms with E-state index in [1.54, 1.807) is 6.92 Å². The Hall–Kier alpha value is -2.33. The Balaban J connectivity index is 2.16. The summed E-state index contributed by atoms with van der Waals surface area (Å²) >= 11 is 5.81. The maximum Gasteiger partial charge on any atom is 0.275 e. The molecule has 0 aliphatic rings. The van der Waals surface area contributed by atoms with Crippen LogP contribution in [0.4, 0.5) is 0 Å². The molecule has 0 fully saturated rings. The molecule has 0 aliphatic carbocycles. The SMILES string of the molecule is CC(=NNC(=O)c1cc(Cl)ccc1O)c1cccc(C)c1. The van der Waals surface area contributed by atoms with Crippen LogP contribution in [-0.4, -0.2) is 16.7 Å². The Bertz CT molecular complexity index is 711. The molecule has 108 valence electrons. The van der Waals surface area contributed by atoms with E-state index in [0.717, 1.165) is 11.1 Å². The third-order valence-corrected chi connectivity index (χ3v) is 3.20. The number of halogens is 1. The number of phenols is 1. The second-order valence-corrected chi connectivity index (χ2v) is 5.11. The first-order valence-corrected chi connectivity index (χ1v) is 6.75. The Labute approximate surface area is 128 Å². The monoisotopic (exact) mass is 302 g/mol. The second kappa shape index (κ2) is 6.41. The number of aryl methyl sites for hydroxylation is 1. The third-order valence-electron chi connectivity index (χ3n) is 2.96.